The number of ether oxygens (including phenoxy) is 3. The summed E-state index contributed by atoms with van der Waals surface area (Å²) in [4.78, 5) is 24.8. The molecule has 6 heteroatoms. The van der Waals surface area contributed by atoms with Crippen LogP contribution in [0.4, 0.5) is 5.69 Å². The minimum atomic E-state index is -0.699. The summed E-state index contributed by atoms with van der Waals surface area (Å²) >= 11 is 0. The van der Waals surface area contributed by atoms with Gasteiger partial charge in [0.25, 0.3) is 11.7 Å². The van der Waals surface area contributed by atoms with Crippen molar-refractivity contribution in [3.8, 4) is 17.2 Å². The number of methoxy groups -OCH3 is 3. The molecule has 6 nitrogen and oxygen atoms in total. The average molecular weight is 337 g/mol. The molecule has 0 atom stereocenters. The molecule has 0 spiro atoms. The van der Waals surface area contributed by atoms with Gasteiger partial charge in [-0.3, -0.25) is 9.59 Å². The van der Waals surface area contributed by atoms with E-state index in [0.717, 1.165) is 10.8 Å². The number of carbonyl (C=O) groups excluding carboxylic acids is 2. The summed E-state index contributed by atoms with van der Waals surface area (Å²) in [6.45, 7) is 0. The first-order valence-electron chi connectivity index (χ1n) is 7.65. The molecule has 1 amide bonds. The first kappa shape index (κ1) is 15.3. The van der Waals surface area contributed by atoms with Crippen LogP contribution in [0.5, 0.6) is 17.2 Å². The van der Waals surface area contributed by atoms with Crippen LogP contribution in [0.2, 0.25) is 0 Å². The number of rotatable bonds is 3. The molecule has 0 saturated carbocycles. The van der Waals surface area contributed by atoms with Crippen molar-refractivity contribution in [2.24, 2.45) is 0 Å². The summed E-state index contributed by atoms with van der Waals surface area (Å²) in [6.07, 6.45) is 0. The van der Waals surface area contributed by atoms with Gasteiger partial charge >= 0.3 is 0 Å². The Bertz CT molecular complexity index is 1070. The van der Waals surface area contributed by atoms with Crippen molar-refractivity contribution in [3.05, 3.63) is 35.9 Å². The fourth-order valence-corrected chi connectivity index (χ4v) is 3.47. The van der Waals surface area contributed by atoms with Crippen LogP contribution in [0, 0.1) is 0 Å². The highest BCUT2D eigenvalue weighted by Gasteiger charge is 2.35. The molecule has 0 bridgehead atoms. The molecule has 3 aromatic rings. The average Bonchev–Trinajstić information content (AvgIpc) is 2.64. The number of amides is 1. The number of nitrogens with one attached hydrogen (secondary N) is 1. The summed E-state index contributed by atoms with van der Waals surface area (Å²) in [5.74, 6) is -0.415. The Labute approximate surface area is 143 Å². The lowest BCUT2D eigenvalue weighted by molar-refractivity contribution is -0.112. The molecule has 4 rings (SSSR count). The van der Waals surface area contributed by atoms with Gasteiger partial charge in [0.05, 0.1) is 32.6 Å². The second-order valence-corrected chi connectivity index (χ2v) is 5.65. The fourth-order valence-electron chi connectivity index (χ4n) is 3.47. The van der Waals surface area contributed by atoms with Crippen LogP contribution in [0.3, 0.4) is 0 Å². The van der Waals surface area contributed by atoms with Crippen LogP contribution in [-0.2, 0) is 4.79 Å². The number of fused-ring (bicyclic) bond motifs is 2. The molecule has 0 fully saturated rings. The normalized spacial score (nSPS) is 13.1. The van der Waals surface area contributed by atoms with E-state index < -0.39 is 11.7 Å². The molecule has 126 valence electrons. The lowest BCUT2D eigenvalue weighted by Gasteiger charge is -2.24. The largest absolute Gasteiger partial charge is 0.492 e. The predicted octanol–water partition coefficient (Wildman–Crippen LogP) is 3.15. The molecule has 0 aliphatic carbocycles. The van der Waals surface area contributed by atoms with E-state index in [9.17, 15) is 9.59 Å². The number of ketones is 1. The van der Waals surface area contributed by atoms with E-state index in [2.05, 4.69) is 5.32 Å². The van der Waals surface area contributed by atoms with Gasteiger partial charge in [0.15, 0.2) is 11.5 Å². The number of benzene rings is 3. The maximum Gasteiger partial charge on any atom is 0.296 e. The van der Waals surface area contributed by atoms with Crippen molar-refractivity contribution >= 4 is 38.9 Å². The van der Waals surface area contributed by atoms with Gasteiger partial charge in [0.1, 0.15) is 0 Å². The van der Waals surface area contributed by atoms with Gasteiger partial charge in [-0.05, 0) is 16.8 Å². The summed E-state index contributed by atoms with van der Waals surface area (Å²) in [7, 11) is 4.43. The Hall–Kier alpha value is -3.28. The van der Waals surface area contributed by atoms with E-state index in [0.29, 0.717) is 22.2 Å². The number of hydrogen-bond acceptors (Lipinski definition) is 5. The third kappa shape index (κ3) is 1.91. The summed E-state index contributed by atoms with van der Waals surface area (Å²) in [5, 5.41) is 5.77. The lowest BCUT2D eigenvalue weighted by Crippen LogP contribution is -2.28. The summed E-state index contributed by atoms with van der Waals surface area (Å²) < 4.78 is 16.5. The molecular formula is C19H15NO5. The van der Waals surface area contributed by atoms with Crippen molar-refractivity contribution in [3.63, 3.8) is 0 Å². The van der Waals surface area contributed by atoms with Gasteiger partial charge in [-0.15, -0.1) is 0 Å². The van der Waals surface area contributed by atoms with E-state index in [1.165, 1.54) is 21.3 Å². The number of carbonyl (C=O) groups is 2. The van der Waals surface area contributed by atoms with Crippen LogP contribution in [-0.4, -0.2) is 33.0 Å². The molecular weight excluding hydrogens is 322 g/mol. The molecule has 0 unspecified atom stereocenters. The van der Waals surface area contributed by atoms with Gasteiger partial charge in [-0.1, -0.05) is 24.3 Å². The highest BCUT2D eigenvalue weighted by Crippen LogP contribution is 2.52. The SMILES string of the molecule is COc1c(OC)c(OC)c2c3c(cc4ccccc42)NC(=O)C(=O)c13. The van der Waals surface area contributed by atoms with Crippen molar-refractivity contribution in [2.45, 2.75) is 0 Å². The van der Waals surface area contributed by atoms with Crippen LogP contribution in [0.15, 0.2) is 30.3 Å². The second-order valence-electron chi connectivity index (χ2n) is 5.65. The molecule has 1 N–H and O–H groups in total. The Morgan fingerprint density at radius 1 is 0.840 bits per heavy atom. The first-order valence-corrected chi connectivity index (χ1v) is 7.65. The van der Waals surface area contributed by atoms with E-state index in [-0.39, 0.29) is 17.1 Å². The van der Waals surface area contributed by atoms with Crippen LogP contribution in [0.25, 0.3) is 21.5 Å². The van der Waals surface area contributed by atoms with Gasteiger partial charge in [-0.2, -0.15) is 0 Å². The van der Waals surface area contributed by atoms with Crippen molar-refractivity contribution in [2.75, 3.05) is 26.6 Å². The van der Waals surface area contributed by atoms with Gasteiger partial charge in [0.2, 0.25) is 5.75 Å². The molecule has 0 radical (unpaired) electrons. The summed E-state index contributed by atoms with van der Waals surface area (Å²) in [6, 6.07) is 9.53. The zero-order valence-corrected chi connectivity index (χ0v) is 13.9. The Morgan fingerprint density at radius 2 is 1.52 bits per heavy atom. The topological polar surface area (TPSA) is 73.9 Å². The summed E-state index contributed by atoms with van der Waals surface area (Å²) in [5.41, 5.74) is 0.743. The Balaban J connectivity index is 2.37. The first-order chi connectivity index (χ1) is 12.1. The molecule has 1 aliphatic rings. The number of hydrogen-bond donors (Lipinski definition) is 1. The molecule has 1 heterocycles. The predicted molar refractivity (Wildman–Crippen MR) is 94.1 cm³/mol. The monoisotopic (exact) mass is 337 g/mol. The zero-order chi connectivity index (χ0) is 17.7. The van der Waals surface area contributed by atoms with Gasteiger partial charge in [0, 0.05) is 10.8 Å². The lowest BCUT2D eigenvalue weighted by atomic mass is 9.90. The molecule has 0 saturated heterocycles. The molecule has 1 aliphatic heterocycles. The molecule has 0 aromatic heterocycles. The van der Waals surface area contributed by atoms with E-state index in [1.807, 2.05) is 30.3 Å². The van der Waals surface area contributed by atoms with Gasteiger partial charge < -0.3 is 19.5 Å². The Kier molecular flexibility index (Phi) is 3.28. The minimum absolute atomic E-state index is 0.194. The van der Waals surface area contributed by atoms with E-state index in [1.54, 1.807) is 0 Å². The smallest absolute Gasteiger partial charge is 0.296 e. The van der Waals surface area contributed by atoms with Gasteiger partial charge in [-0.25, -0.2) is 0 Å². The molecule has 3 aromatic carbocycles. The second kappa shape index (κ2) is 5.37. The highest BCUT2D eigenvalue weighted by molar-refractivity contribution is 6.53. The van der Waals surface area contributed by atoms with Crippen molar-refractivity contribution < 1.29 is 23.8 Å². The maximum absolute atomic E-state index is 12.6. The zero-order valence-electron chi connectivity index (χ0n) is 13.9. The standard InChI is InChI=1S/C19H15NO5/c1-23-16-12-10-7-5-4-6-9(10)8-11-13(12)14(15(21)19(22)20-11)17(24-2)18(16)25-3/h4-8H,1-3H3,(H,20,22). The Morgan fingerprint density at radius 3 is 2.20 bits per heavy atom. The van der Waals surface area contributed by atoms with E-state index in [4.69, 9.17) is 14.2 Å². The maximum atomic E-state index is 12.6. The quantitative estimate of drug-likeness (QED) is 0.587. The van der Waals surface area contributed by atoms with E-state index >= 15 is 0 Å². The third-order valence-corrected chi connectivity index (χ3v) is 4.46. The molecule has 25 heavy (non-hydrogen) atoms. The van der Waals surface area contributed by atoms with Crippen LogP contribution < -0.4 is 19.5 Å². The van der Waals surface area contributed by atoms with Crippen molar-refractivity contribution in [1.29, 1.82) is 0 Å². The van der Waals surface area contributed by atoms with Crippen molar-refractivity contribution in [1.82, 2.24) is 0 Å². The minimum Gasteiger partial charge on any atom is -0.492 e. The highest BCUT2D eigenvalue weighted by atomic mass is 16.5. The van der Waals surface area contributed by atoms with Crippen LogP contribution >= 0.6 is 0 Å². The third-order valence-electron chi connectivity index (χ3n) is 4.46. The van der Waals surface area contributed by atoms with Crippen LogP contribution in [0.1, 0.15) is 10.4 Å². The number of Topliss-reactive ketones (excluding diaryl/α,β-unsaturated/α-hetero) is 1. The number of anilines is 1. The fraction of sp³-hybridized carbons (Fsp3) is 0.158.